The zero-order valence-corrected chi connectivity index (χ0v) is 10.3. The summed E-state index contributed by atoms with van der Waals surface area (Å²) in [5.74, 6) is -0.383. The van der Waals surface area contributed by atoms with Crippen molar-refractivity contribution in [3.05, 3.63) is 68.7 Å². The van der Waals surface area contributed by atoms with E-state index in [4.69, 9.17) is 5.73 Å². The zero-order valence-electron chi connectivity index (χ0n) is 10.3. The lowest BCUT2D eigenvalue weighted by atomic mass is 10.2. The lowest BCUT2D eigenvalue weighted by molar-refractivity contribution is 0.558. The molecule has 0 amide bonds. The van der Waals surface area contributed by atoms with Gasteiger partial charge >= 0.3 is 5.69 Å². The third-order valence-electron chi connectivity index (χ3n) is 2.79. The summed E-state index contributed by atoms with van der Waals surface area (Å²) in [5.41, 5.74) is 4.86. The summed E-state index contributed by atoms with van der Waals surface area (Å²) < 4.78 is 15.9. The molecule has 0 radical (unpaired) electrons. The molecule has 2 rings (SSSR count). The minimum absolute atomic E-state index is 0.0797. The molecule has 1 aromatic carbocycles. The van der Waals surface area contributed by atoms with Crippen molar-refractivity contribution in [2.45, 2.75) is 13.1 Å². The van der Waals surface area contributed by atoms with Gasteiger partial charge in [0.25, 0.3) is 5.56 Å². The van der Waals surface area contributed by atoms with Crippen LogP contribution in [-0.4, -0.2) is 15.7 Å². The van der Waals surface area contributed by atoms with E-state index in [1.54, 1.807) is 18.2 Å². The van der Waals surface area contributed by atoms with Gasteiger partial charge in [-0.25, -0.2) is 9.18 Å². The number of aromatic nitrogens is 2. The SMILES string of the molecule is NCCn1c(=O)ccn(Cc2ccccc2F)c1=O. The quantitative estimate of drug-likeness (QED) is 0.854. The fourth-order valence-corrected chi connectivity index (χ4v) is 1.82. The van der Waals surface area contributed by atoms with Gasteiger partial charge in [0.1, 0.15) is 5.82 Å². The molecule has 1 aromatic heterocycles. The van der Waals surface area contributed by atoms with Gasteiger partial charge < -0.3 is 5.73 Å². The summed E-state index contributed by atoms with van der Waals surface area (Å²) in [7, 11) is 0. The van der Waals surface area contributed by atoms with E-state index in [1.807, 2.05) is 0 Å². The molecule has 5 nitrogen and oxygen atoms in total. The molecule has 0 aliphatic carbocycles. The fraction of sp³-hybridized carbons (Fsp3) is 0.231. The Morgan fingerprint density at radius 1 is 1.16 bits per heavy atom. The van der Waals surface area contributed by atoms with Gasteiger partial charge in [-0.2, -0.15) is 0 Å². The third-order valence-corrected chi connectivity index (χ3v) is 2.79. The number of nitrogens with zero attached hydrogens (tertiary/aromatic N) is 2. The van der Waals surface area contributed by atoms with Crippen molar-refractivity contribution in [3.63, 3.8) is 0 Å². The smallest absolute Gasteiger partial charge is 0.329 e. The van der Waals surface area contributed by atoms with Crippen LogP contribution in [0, 0.1) is 5.82 Å². The monoisotopic (exact) mass is 263 g/mol. The molecule has 0 unspecified atom stereocenters. The molecule has 2 aromatic rings. The van der Waals surface area contributed by atoms with E-state index in [-0.39, 0.29) is 25.5 Å². The Kier molecular flexibility index (Phi) is 3.91. The first kappa shape index (κ1) is 13.2. The first-order valence-corrected chi connectivity index (χ1v) is 5.87. The van der Waals surface area contributed by atoms with E-state index in [0.717, 1.165) is 4.57 Å². The highest BCUT2D eigenvalue weighted by molar-refractivity contribution is 5.17. The summed E-state index contributed by atoms with van der Waals surface area (Å²) in [6.45, 7) is 0.422. The van der Waals surface area contributed by atoms with Gasteiger partial charge in [-0.05, 0) is 6.07 Å². The maximum absolute atomic E-state index is 13.5. The summed E-state index contributed by atoms with van der Waals surface area (Å²) >= 11 is 0. The first-order chi connectivity index (χ1) is 9.13. The molecule has 100 valence electrons. The van der Waals surface area contributed by atoms with E-state index < -0.39 is 11.2 Å². The van der Waals surface area contributed by atoms with Gasteiger partial charge in [-0.3, -0.25) is 13.9 Å². The molecule has 0 saturated heterocycles. The van der Waals surface area contributed by atoms with Crippen molar-refractivity contribution in [1.29, 1.82) is 0 Å². The Balaban J connectivity index is 2.42. The minimum Gasteiger partial charge on any atom is -0.329 e. The van der Waals surface area contributed by atoms with Gasteiger partial charge in [0.05, 0.1) is 6.54 Å². The predicted molar refractivity (Wildman–Crippen MR) is 69.5 cm³/mol. The summed E-state index contributed by atoms with van der Waals surface area (Å²) in [4.78, 5) is 23.6. The van der Waals surface area contributed by atoms with E-state index in [1.165, 1.54) is 22.9 Å². The van der Waals surface area contributed by atoms with Crippen LogP contribution in [0.4, 0.5) is 4.39 Å². The summed E-state index contributed by atoms with van der Waals surface area (Å²) in [5, 5.41) is 0. The Bertz CT molecular complexity index is 691. The van der Waals surface area contributed by atoms with Gasteiger partial charge in [-0.15, -0.1) is 0 Å². The molecular formula is C13H14FN3O2. The molecule has 0 aliphatic heterocycles. The average molecular weight is 263 g/mol. The second-order valence-electron chi connectivity index (χ2n) is 4.10. The molecule has 2 N–H and O–H groups in total. The predicted octanol–water partition coefficient (Wildman–Crippen LogP) is 0.156. The van der Waals surface area contributed by atoms with Crippen molar-refractivity contribution in [3.8, 4) is 0 Å². The molecular weight excluding hydrogens is 249 g/mol. The number of hydrogen-bond donors (Lipinski definition) is 1. The Hall–Kier alpha value is -2.21. The molecule has 0 atom stereocenters. The van der Waals surface area contributed by atoms with E-state index in [2.05, 4.69) is 0 Å². The van der Waals surface area contributed by atoms with Crippen molar-refractivity contribution in [2.75, 3.05) is 6.54 Å². The molecule has 0 saturated carbocycles. The normalized spacial score (nSPS) is 10.6. The van der Waals surface area contributed by atoms with Crippen LogP contribution in [0.25, 0.3) is 0 Å². The second kappa shape index (κ2) is 5.62. The average Bonchev–Trinajstić information content (AvgIpc) is 2.40. The van der Waals surface area contributed by atoms with Crippen molar-refractivity contribution in [1.82, 2.24) is 9.13 Å². The molecule has 0 spiro atoms. The van der Waals surface area contributed by atoms with E-state index in [0.29, 0.717) is 5.56 Å². The van der Waals surface area contributed by atoms with Crippen LogP contribution in [0.5, 0.6) is 0 Å². The highest BCUT2D eigenvalue weighted by Gasteiger charge is 2.07. The number of hydrogen-bond acceptors (Lipinski definition) is 3. The van der Waals surface area contributed by atoms with E-state index in [9.17, 15) is 14.0 Å². The van der Waals surface area contributed by atoms with Gasteiger partial charge in [0.2, 0.25) is 0 Å². The lowest BCUT2D eigenvalue weighted by Crippen LogP contribution is -2.40. The van der Waals surface area contributed by atoms with Crippen LogP contribution in [0.2, 0.25) is 0 Å². The Morgan fingerprint density at radius 3 is 2.58 bits per heavy atom. The van der Waals surface area contributed by atoms with Gasteiger partial charge in [-0.1, -0.05) is 18.2 Å². The second-order valence-corrected chi connectivity index (χ2v) is 4.10. The molecule has 0 bridgehead atoms. The third kappa shape index (κ3) is 2.79. The van der Waals surface area contributed by atoms with E-state index >= 15 is 0 Å². The van der Waals surface area contributed by atoms with Crippen LogP contribution in [0.3, 0.4) is 0 Å². The van der Waals surface area contributed by atoms with Crippen LogP contribution in [0.15, 0.2) is 46.1 Å². The lowest BCUT2D eigenvalue weighted by Gasteiger charge is -2.09. The number of rotatable bonds is 4. The maximum atomic E-state index is 13.5. The van der Waals surface area contributed by atoms with Crippen LogP contribution >= 0.6 is 0 Å². The van der Waals surface area contributed by atoms with Crippen LogP contribution in [-0.2, 0) is 13.1 Å². The van der Waals surface area contributed by atoms with Crippen molar-refractivity contribution < 1.29 is 4.39 Å². The molecule has 0 fully saturated rings. The molecule has 6 heteroatoms. The Labute approximate surface area is 108 Å². The minimum atomic E-state index is -0.485. The number of halogens is 1. The highest BCUT2D eigenvalue weighted by atomic mass is 19.1. The zero-order chi connectivity index (χ0) is 13.8. The summed E-state index contributed by atoms with van der Waals surface area (Å²) in [6.07, 6.45) is 1.37. The summed E-state index contributed by atoms with van der Waals surface area (Å²) in [6, 6.07) is 7.48. The molecule has 0 aliphatic rings. The molecule has 19 heavy (non-hydrogen) atoms. The first-order valence-electron chi connectivity index (χ1n) is 5.87. The number of nitrogens with two attached hydrogens (primary N) is 1. The largest absolute Gasteiger partial charge is 0.331 e. The van der Waals surface area contributed by atoms with Crippen molar-refractivity contribution >= 4 is 0 Å². The number of benzene rings is 1. The molecule has 1 heterocycles. The standard InChI is InChI=1S/C13H14FN3O2/c14-11-4-2-1-3-10(11)9-16-7-5-12(18)17(8-6-15)13(16)19/h1-5,7H,6,8-9,15H2. The topological polar surface area (TPSA) is 70.0 Å². The fourth-order valence-electron chi connectivity index (χ4n) is 1.82. The van der Waals surface area contributed by atoms with Gasteiger partial charge in [0, 0.05) is 30.9 Å². The highest BCUT2D eigenvalue weighted by Crippen LogP contribution is 2.06. The van der Waals surface area contributed by atoms with Crippen molar-refractivity contribution in [2.24, 2.45) is 5.73 Å². The van der Waals surface area contributed by atoms with Gasteiger partial charge in [0.15, 0.2) is 0 Å². The maximum Gasteiger partial charge on any atom is 0.331 e. The Morgan fingerprint density at radius 2 is 1.89 bits per heavy atom. The van der Waals surface area contributed by atoms with Crippen LogP contribution < -0.4 is 17.0 Å². The van der Waals surface area contributed by atoms with Crippen LogP contribution in [0.1, 0.15) is 5.56 Å².